The highest BCUT2D eigenvalue weighted by Gasteiger charge is 2.29. The summed E-state index contributed by atoms with van der Waals surface area (Å²) in [6.45, 7) is 2.83. The smallest absolute Gasteiger partial charge is 0.303 e. The van der Waals surface area contributed by atoms with Crippen molar-refractivity contribution in [2.75, 3.05) is 0 Å². The molecule has 0 spiro atoms. The topological polar surface area (TPSA) is 68.0 Å². The van der Waals surface area contributed by atoms with Crippen molar-refractivity contribution in [1.82, 2.24) is 14.5 Å². The summed E-state index contributed by atoms with van der Waals surface area (Å²) in [4.78, 5) is 19.8. The Bertz CT molecular complexity index is 644. The van der Waals surface area contributed by atoms with Crippen LogP contribution in [-0.2, 0) is 11.3 Å². The van der Waals surface area contributed by atoms with Crippen molar-refractivity contribution in [2.24, 2.45) is 0 Å². The van der Waals surface area contributed by atoms with Crippen LogP contribution in [0.25, 0.3) is 11.2 Å². The van der Waals surface area contributed by atoms with Gasteiger partial charge in [-0.3, -0.25) is 4.79 Å². The van der Waals surface area contributed by atoms with E-state index in [0.717, 1.165) is 35.5 Å². The third-order valence-electron chi connectivity index (χ3n) is 3.72. The van der Waals surface area contributed by atoms with Crippen molar-refractivity contribution in [3.63, 3.8) is 0 Å². The molecule has 1 aliphatic carbocycles. The Labute approximate surface area is 117 Å². The first-order valence-corrected chi connectivity index (χ1v) is 7.19. The Balaban J connectivity index is 1.83. The van der Waals surface area contributed by atoms with Crippen LogP contribution < -0.4 is 0 Å². The third-order valence-corrected chi connectivity index (χ3v) is 3.72. The lowest BCUT2D eigenvalue weighted by Crippen LogP contribution is -2.05. The van der Waals surface area contributed by atoms with E-state index in [1.807, 2.05) is 13.1 Å². The lowest BCUT2D eigenvalue weighted by Gasteiger charge is -2.07. The van der Waals surface area contributed by atoms with E-state index >= 15 is 0 Å². The average Bonchev–Trinajstić information content (AvgIpc) is 3.17. The van der Waals surface area contributed by atoms with Gasteiger partial charge in [0, 0.05) is 25.1 Å². The standard InChI is InChI=1S/C15H19N3O2/c1-10-8-12-15(16-9-10)18(7-3-2-4-13(19)20)14(17-12)11-5-6-11/h8-9,11H,2-7H2,1H3,(H,19,20). The molecule has 0 saturated heterocycles. The fraction of sp³-hybridized carbons (Fsp3) is 0.533. The van der Waals surface area contributed by atoms with Crippen LogP contribution in [-0.4, -0.2) is 25.6 Å². The second-order valence-electron chi connectivity index (χ2n) is 5.60. The average molecular weight is 273 g/mol. The van der Waals surface area contributed by atoms with Gasteiger partial charge < -0.3 is 9.67 Å². The summed E-state index contributed by atoms with van der Waals surface area (Å²) in [5, 5.41) is 8.69. The fourth-order valence-corrected chi connectivity index (χ4v) is 2.55. The summed E-state index contributed by atoms with van der Waals surface area (Å²) < 4.78 is 2.19. The van der Waals surface area contributed by atoms with Crippen LogP contribution in [0.1, 0.15) is 49.4 Å². The number of hydrogen-bond acceptors (Lipinski definition) is 3. The van der Waals surface area contributed by atoms with Crippen LogP contribution in [0, 0.1) is 6.92 Å². The molecule has 0 aliphatic heterocycles. The number of aryl methyl sites for hydroxylation is 2. The van der Waals surface area contributed by atoms with Gasteiger partial charge in [0.1, 0.15) is 11.3 Å². The predicted molar refractivity (Wildman–Crippen MR) is 75.7 cm³/mol. The van der Waals surface area contributed by atoms with Crippen LogP contribution in [0.3, 0.4) is 0 Å². The largest absolute Gasteiger partial charge is 0.481 e. The first-order valence-electron chi connectivity index (χ1n) is 7.19. The Hall–Kier alpha value is -1.91. The van der Waals surface area contributed by atoms with Gasteiger partial charge >= 0.3 is 5.97 Å². The molecule has 5 nitrogen and oxygen atoms in total. The zero-order chi connectivity index (χ0) is 14.1. The molecule has 1 N–H and O–H groups in total. The molecule has 2 heterocycles. The molecule has 0 radical (unpaired) electrons. The SMILES string of the molecule is Cc1cnc2c(c1)nc(C1CC1)n2CCCCC(=O)O. The molecule has 5 heteroatoms. The van der Waals surface area contributed by atoms with E-state index in [1.165, 1.54) is 12.8 Å². The maximum atomic E-state index is 10.6. The molecule has 0 unspecified atom stereocenters. The van der Waals surface area contributed by atoms with Crippen molar-refractivity contribution in [2.45, 2.75) is 51.5 Å². The number of carboxylic acid groups (broad SMARTS) is 1. The number of unbranched alkanes of at least 4 members (excludes halogenated alkanes) is 1. The summed E-state index contributed by atoms with van der Waals surface area (Å²) in [6.07, 6.45) is 6.07. The van der Waals surface area contributed by atoms with Gasteiger partial charge in [0.05, 0.1) is 0 Å². The van der Waals surface area contributed by atoms with Crippen LogP contribution in [0.15, 0.2) is 12.3 Å². The third kappa shape index (κ3) is 2.66. The molecule has 3 rings (SSSR count). The zero-order valence-electron chi connectivity index (χ0n) is 11.7. The number of imidazole rings is 1. The Morgan fingerprint density at radius 3 is 2.95 bits per heavy atom. The number of aromatic nitrogens is 3. The summed E-state index contributed by atoms with van der Waals surface area (Å²) in [6, 6.07) is 2.07. The first-order chi connectivity index (χ1) is 9.65. The molecular weight excluding hydrogens is 254 g/mol. The van der Waals surface area contributed by atoms with Gasteiger partial charge in [-0.15, -0.1) is 0 Å². The molecule has 2 aromatic rings. The number of nitrogens with zero attached hydrogens (tertiary/aromatic N) is 3. The molecule has 0 bridgehead atoms. The molecule has 2 aromatic heterocycles. The van der Waals surface area contributed by atoms with Crippen LogP contribution in [0.4, 0.5) is 0 Å². The summed E-state index contributed by atoms with van der Waals surface area (Å²) in [5.41, 5.74) is 3.02. The molecule has 0 aromatic carbocycles. The monoisotopic (exact) mass is 273 g/mol. The maximum absolute atomic E-state index is 10.6. The summed E-state index contributed by atoms with van der Waals surface area (Å²) in [5.74, 6) is 0.981. The fourth-order valence-electron chi connectivity index (χ4n) is 2.55. The van der Waals surface area contributed by atoms with Gasteiger partial charge in [-0.2, -0.15) is 0 Å². The van der Waals surface area contributed by atoms with E-state index in [4.69, 9.17) is 10.1 Å². The Morgan fingerprint density at radius 2 is 2.25 bits per heavy atom. The number of pyridine rings is 1. The van der Waals surface area contributed by atoms with Gasteiger partial charge in [0.15, 0.2) is 5.65 Å². The lowest BCUT2D eigenvalue weighted by atomic mass is 10.2. The minimum Gasteiger partial charge on any atom is -0.481 e. The number of hydrogen-bond donors (Lipinski definition) is 1. The molecular formula is C15H19N3O2. The van der Waals surface area contributed by atoms with Gasteiger partial charge in [-0.05, 0) is 44.2 Å². The van der Waals surface area contributed by atoms with E-state index in [-0.39, 0.29) is 6.42 Å². The number of aliphatic carboxylic acids is 1. The van der Waals surface area contributed by atoms with Crippen LogP contribution in [0.5, 0.6) is 0 Å². The maximum Gasteiger partial charge on any atom is 0.303 e. The van der Waals surface area contributed by atoms with Crippen LogP contribution >= 0.6 is 0 Å². The minimum absolute atomic E-state index is 0.234. The predicted octanol–water partition coefficient (Wildman–Crippen LogP) is 2.87. The Kier molecular flexibility index (Phi) is 3.42. The first kappa shape index (κ1) is 13.1. The normalized spacial score (nSPS) is 14.8. The lowest BCUT2D eigenvalue weighted by molar-refractivity contribution is -0.137. The highest BCUT2D eigenvalue weighted by atomic mass is 16.4. The molecule has 106 valence electrons. The van der Waals surface area contributed by atoms with Crippen molar-refractivity contribution in [1.29, 1.82) is 0 Å². The van der Waals surface area contributed by atoms with Gasteiger partial charge in [-0.25, -0.2) is 9.97 Å². The van der Waals surface area contributed by atoms with E-state index in [9.17, 15) is 4.79 Å². The quantitative estimate of drug-likeness (QED) is 0.822. The molecule has 0 atom stereocenters. The molecule has 0 amide bonds. The molecule has 1 aliphatic rings. The highest BCUT2D eigenvalue weighted by molar-refractivity contribution is 5.72. The van der Waals surface area contributed by atoms with E-state index < -0.39 is 5.97 Å². The van der Waals surface area contributed by atoms with Gasteiger partial charge in [-0.1, -0.05) is 0 Å². The second-order valence-corrected chi connectivity index (χ2v) is 5.60. The van der Waals surface area contributed by atoms with Gasteiger partial charge in [0.25, 0.3) is 0 Å². The summed E-state index contributed by atoms with van der Waals surface area (Å²) in [7, 11) is 0. The van der Waals surface area contributed by atoms with Crippen molar-refractivity contribution in [3.8, 4) is 0 Å². The van der Waals surface area contributed by atoms with E-state index in [2.05, 4.69) is 15.6 Å². The van der Waals surface area contributed by atoms with Crippen LogP contribution in [0.2, 0.25) is 0 Å². The van der Waals surface area contributed by atoms with Crippen molar-refractivity contribution < 1.29 is 9.90 Å². The molecule has 1 saturated carbocycles. The number of fused-ring (bicyclic) bond motifs is 1. The van der Waals surface area contributed by atoms with E-state index in [1.54, 1.807) is 0 Å². The zero-order valence-corrected chi connectivity index (χ0v) is 11.7. The molecule has 1 fully saturated rings. The highest BCUT2D eigenvalue weighted by Crippen LogP contribution is 2.40. The van der Waals surface area contributed by atoms with E-state index in [0.29, 0.717) is 12.3 Å². The number of carbonyl (C=O) groups is 1. The Morgan fingerprint density at radius 1 is 1.45 bits per heavy atom. The van der Waals surface area contributed by atoms with Crippen molar-refractivity contribution in [3.05, 3.63) is 23.7 Å². The summed E-state index contributed by atoms with van der Waals surface area (Å²) >= 11 is 0. The van der Waals surface area contributed by atoms with Crippen molar-refractivity contribution >= 4 is 17.1 Å². The number of rotatable bonds is 6. The number of carboxylic acids is 1. The molecule has 20 heavy (non-hydrogen) atoms. The minimum atomic E-state index is -0.725. The van der Waals surface area contributed by atoms with Gasteiger partial charge in [0.2, 0.25) is 0 Å². The second kappa shape index (κ2) is 5.23.